The van der Waals surface area contributed by atoms with Gasteiger partial charge in [-0.15, -0.1) is 0 Å². The molecule has 0 saturated heterocycles. The minimum atomic E-state index is 0.00313. The SMILES string of the molecule is CC(C)(C)/N=C/C1C=CC=C(Br)N1. The van der Waals surface area contributed by atoms with Gasteiger partial charge in [0.1, 0.15) is 0 Å². The second-order valence-corrected chi connectivity index (χ2v) is 4.87. The second-order valence-electron chi connectivity index (χ2n) is 4.02. The molecule has 72 valence electrons. The summed E-state index contributed by atoms with van der Waals surface area (Å²) in [4.78, 5) is 4.43. The Labute approximate surface area is 88.0 Å². The van der Waals surface area contributed by atoms with Crippen LogP contribution in [0.3, 0.4) is 0 Å². The van der Waals surface area contributed by atoms with Gasteiger partial charge in [0.25, 0.3) is 0 Å². The van der Waals surface area contributed by atoms with Gasteiger partial charge >= 0.3 is 0 Å². The maximum absolute atomic E-state index is 4.43. The lowest BCUT2D eigenvalue weighted by Gasteiger charge is -2.17. The number of hydrogen-bond donors (Lipinski definition) is 1. The number of aliphatic imine (C=N–C) groups is 1. The van der Waals surface area contributed by atoms with E-state index in [4.69, 9.17) is 0 Å². The fourth-order valence-corrected chi connectivity index (χ4v) is 1.32. The maximum Gasteiger partial charge on any atom is 0.0803 e. The van der Waals surface area contributed by atoms with Gasteiger partial charge in [-0.05, 0) is 42.8 Å². The highest BCUT2D eigenvalue weighted by atomic mass is 79.9. The molecule has 0 aromatic carbocycles. The number of allylic oxidation sites excluding steroid dienone is 2. The van der Waals surface area contributed by atoms with Crippen molar-refractivity contribution in [1.82, 2.24) is 5.32 Å². The summed E-state index contributed by atoms with van der Waals surface area (Å²) < 4.78 is 1.00. The number of nitrogens with zero attached hydrogens (tertiary/aromatic N) is 1. The van der Waals surface area contributed by atoms with Crippen molar-refractivity contribution in [3.63, 3.8) is 0 Å². The smallest absolute Gasteiger partial charge is 0.0803 e. The Kier molecular flexibility index (Phi) is 3.31. The minimum Gasteiger partial charge on any atom is -0.368 e. The molecular weight excluding hydrogens is 228 g/mol. The molecule has 13 heavy (non-hydrogen) atoms. The van der Waals surface area contributed by atoms with Gasteiger partial charge in [-0.2, -0.15) is 0 Å². The Morgan fingerprint density at radius 3 is 2.77 bits per heavy atom. The molecular formula is C10H15BrN2. The molecule has 0 aromatic heterocycles. The van der Waals surface area contributed by atoms with Crippen molar-refractivity contribution in [2.75, 3.05) is 0 Å². The number of hydrogen-bond acceptors (Lipinski definition) is 2. The number of nitrogens with one attached hydrogen (secondary N) is 1. The molecule has 1 heterocycles. The number of halogens is 1. The quantitative estimate of drug-likeness (QED) is 0.555. The van der Waals surface area contributed by atoms with Crippen LogP contribution in [0, 0.1) is 0 Å². The molecule has 1 N–H and O–H groups in total. The first-order chi connectivity index (χ1) is 5.97. The minimum absolute atomic E-state index is 0.00313. The van der Waals surface area contributed by atoms with Gasteiger partial charge in [-0.1, -0.05) is 12.2 Å². The molecule has 0 radical (unpaired) electrons. The van der Waals surface area contributed by atoms with Gasteiger partial charge in [-0.25, -0.2) is 0 Å². The Hall–Kier alpha value is -0.570. The third-order valence-electron chi connectivity index (χ3n) is 1.49. The van der Waals surface area contributed by atoms with E-state index in [1.807, 2.05) is 18.4 Å². The van der Waals surface area contributed by atoms with E-state index >= 15 is 0 Å². The lowest BCUT2D eigenvalue weighted by molar-refractivity contribution is 0.583. The summed E-state index contributed by atoms with van der Waals surface area (Å²) in [7, 11) is 0. The normalized spacial score (nSPS) is 23.1. The van der Waals surface area contributed by atoms with Crippen molar-refractivity contribution in [2.45, 2.75) is 32.4 Å². The highest BCUT2D eigenvalue weighted by molar-refractivity contribution is 9.11. The predicted molar refractivity (Wildman–Crippen MR) is 61.3 cm³/mol. The van der Waals surface area contributed by atoms with Crippen molar-refractivity contribution < 1.29 is 0 Å². The fourth-order valence-electron chi connectivity index (χ4n) is 0.906. The molecule has 1 aliphatic rings. The molecule has 0 bridgehead atoms. The van der Waals surface area contributed by atoms with E-state index < -0.39 is 0 Å². The van der Waals surface area contributed by atoms with E-state index in [1.54, 1.807) is 0 Å². The number of rotatable bonds is 1. The van der Waals surface area contributed by atoms with Crippen LogP contribution in [0.25, 0.3) is 0 Å². The lowest BCUT2D eigenvalue weighted by Crippen LogP contribution is -2.29. The molecule has 1 rings (SSSR count). The molecule has 0 aliphatic carbocycles. The van der Waals surface area contributed by atoms with Gasteiger partial charge in [-0.3, -0.25) is 4.99 Å². The lowest BCUT2D eigenvalue weighted by atomic mass is 10.1. The molecule has 1 aliphatic heterocycles. The first-order valence-corrected chi connectivity index (χ1v) is 5.12. The summed E-state index contributed by atoms with van der Waals surface area (Å²) in [5.41, 5.74) is 0.00313. The summed E-state index contributed by atoms with van der Waals surface area (Å²) >= 11 is 3.39. The van der Waals surface area contributed by atoms with Crippen molar-refractivity contribution in [3.05, 3.63) is 22.8 Å². The predicted octanol–water partition coefficient (Wildman–Crippen LogP) is 2.62. The first kappa shape index (κ1) is 10.5. The van der Waals surface area contributed by atoms with Crippen LogP contribution in [0.15, 0.2) is 27.8 Å². The molecule has 2 nitrogen and oxygen atoms in total. The van der Waals surface area contributed by atoms with E-state index in [9.17, 15) is 0 Å². The molecule has 0 aromatic rings. The standard InChI is InChI=1S/C10H15BrN2/c1-10(2,3)12-7-8-5-4-6-9(11)13-8/h4-8,13H,1-3H3/b12-7+. The van der Waals surface area contributed by atoms with E-state index in [1.165, 1.54) is 0 Å². The number of dihydropyridines is 1. The highest BCUT2D eigenvalue weighted by Crippen LogP contribution is 2.09. The van der Waals surface area contributed by atoms with Crippen molar-refractivity contribution in [1.29, 1.82) is 0 Å². The summed E-state index contributed by atoms with van der Waals surface area (Å²) in [6, 6.07) is 0.207. The third-order valence-corrected chi connectivity index (χ3v) is 1.98. The summed E-state index contributed by atoms with van der Waals surface area (Å²) in [5, 5.41) is 3.23. The molecule has 1 atom stereocenters. The van der Waals surface area contributed by atoms with Crippen LogP contribution in [-0.2, 0) is 0 Å². The fraction of sp³-hybridized carbons (Fsp3) is 0.500. The first-order valence-electron chi connectivity index (χ1n) is 4.33. The molecule has 0 saturated carbocycles. The van der Waals surface area contributed by atoms with E-state index in [0.29, 0.717) is 0 Å². The Morgan fingerprint density at radius 2 is 2.23 bits per heavy atom. The van der Waals surface area contributed by atoms with E-state index in [2.05, 4.69) is 53.1 Å². The summed E-state index contributed by atoms with van der Waals surface area (Å²) in [6.45, 7) is 6.25. The van der Waals surface area contributed by atoms with E-state index in [0.717, 1.165) is 4.61 Å². The van der Waals surface area contributed by atoms with Crippen molar-refractivity contribution in [2.24, 2.45) is 4.99 Å². The topological polar surface area (TPSA) is 24.4 Å². The molecule has 0 fully saturated rings. The Morgan fingerprint density at radius 1 is 1.54 bits per heavy atom. The van der Waals surface area contributed by atoms with E-state index in [-0.39, 0.29) is 11.6 Å². The molecule has 0 amide bonds. The maximum atomic E-state index is 4.43. The Bertz CT molecular complexity index is 259. The largest absolute Gasteiger partial charge is 0.368 e. The van der Waals surface area contributed by atoms with Crippen molar-refractivity contribution >= 4 is 22.1 Å². The summed E-state index contributed by atoms with van der Waals surface area (Å²) in [6.07, 6.45) is 7.99. The van der Waals surface area contributed by atoms with Gasteiger partial charge in [0.05, 0.1) is 16.2 Å². The van der Waals surface area contributed by atoms with Gasteiger partial charge in [0, 0.05) is 6.21 Å². The van der Waals surface area contributed by atoms with Gasteiger partial charge < -0.3 is 5.32 Å². The third kappa shape index (κ3) is 4.27. The highest BCUT2D eigenvalue weighted by Gasteiger charge is 2.08. The zero-order valence-electron chi connectivity index (χ0n) is 8.21. The van der Waals surface area contributed by atoms with Crippen LogP contribution >= 0.6 is 15.9 Å². The molecule has 3 heteroatoms. The van der Waals surface area contributed by atoms with Crippen LogP contribution in [0.2, 0.25) is 0 Å². The second kappa shape index (κ2) is 4.09. The average Bonchev–Trinajstić information content (AvgIpc) is 2.00. The van der Waals surface area contributed by atoms with Crippen LogP contribution in [-0.4, -0.2) is 17.8 Å². The van der Waals surface area contributed by atoms with Crippen LogP contribution in [0.4, 0.5) is 0 Å². The van der Waals surface area contributed by atoms with Crippen molar-refractivity contribution in [3.8, 4) is 0 Å². The average molecular weight is 243 g/mol. The van der Waals surface area contributed by atoms with Gasteiger partial charge in [0.15, 0.2) is 0 Å². The molecule has 1 unspecified atom stereocenters. The zero-order chi connectivity index (χ0) is 9.90. The zero-order valence-corrected chi connectivity index (χ0v) is 9.80. The Balaban J connectivity index is 2.53. The van der Waals surface area contributed by atoms with Crippen LogP contribution < -0.4 is 5.32 Å². The van der Waals surface area contributed by atoms with Crippen LogP contribution in [0.1, 0.15) is 20.8 Å². The monoisotopic (exact) mass is 242 g/mol. The van der Waals surface area contributed by atoms with Crippen LogP contribution in [0.5, 0.6) is 0 Å². The van der Waals surface area contributed by atoms with Gasteiger partial charge in [0.2, 0.25) is 0 Å². The molecule has 0 spiro atoms. The summed E-state index contributed by atoms with van der Waals surface area (Å²) in [5.74, 6) is 0.